The predicted octanol–water partition coefficient (Wildman–Crippen LogP) is 3.59. The number of nitrogens with zero attached hydrogens (tertiary/aromatic N) is 3. The van der Waals surface area contributed by atoms with E-state index in [1.807, 2.05) is 0 Å². The molecule has 4 rings (SSSR count). The molecule has 4 nitrogen and oxygen atoms in total. The second-order valence-corrected chi connectivity index (χ2v) is 7.30. The molecule has 0 radical (unpaired) electrons. The standard InChI is InChI=1S/C21H28N4/c1-16-18-10-7-14-25(15-12-17-8-3-2-4-9-17)21(18)24-20(23-16)19-11-5-6-13-22-19/h2-4,8-9,19,22H,5-7,10-15H2,1H3/t19-/m1/s1. The molecule has 2 aromatic rings. The van der Waals surface area contributed by atoms with E-state index in [2.05, 4.69) is 47.5 Å². The summed E-state index contributed by atoms with van der Waals surface area (Å²) in [4.78, 5) is 12.4. The van der Waals surface area contributed by atoms with Gasteiger partial charge in [-0.3, -0.25) is 0 Å². The number of nitrogens with one attached hydrogen (secondary N) is 1. The smallest absolute Gasteiger partial charge is 0.147 e. The van der Waals surface area contributed by atoms with Gasteiger partial charge in [0.2, 0.25) is 0 Å². The minimum absolute atomic E-state index is 0.329. The molecule has 1 saturated heterocycles. The summed E-state index contributed by atoms with van der Waals surface area (Å²) in [5, 5.41) is 3.60. The predicted molar refractivity (Wildman–Crippen MR) is 102 cm³/mol. The van der Waals surface area contributed by atoms with E-state index in [0.29, 0.717) is 6.04 Å². The van der Waals surface area contributed by atoms with Gasteiger partial charge in [-0.25, -0.2) is 9.97 Å². The Balaban J connectivity index is 1.57. The number of piperidine rings is 1. The topological polar surface area (TPSA) is 41.1 Å². The molecule has 2 aliphatic rings. The Labute approximate surface area is 150 Å². The fourth-order valence-electron chi connectivity index (χ4n) is 4.06. The maximum Gasteiger partial charge on any atom is 0.147 e. The number of aromatic nitrogens is 2. The number of rotatable bonds is 4. The summed E-state index contributed by atoms with van der Waals surface area (Å²) < 4.78 is 0. The average molecular weight is 336 g/mol. The number of benzene rings is 1. The number of hydrogen-bond acceptors (Lipinski definition) is 4. The molecule has 0 amide bonds. The van der Waals surface area contributed by atoms with E-state index in [4.69, 9.17) is 9.97 Å². The van der Waals surface area contributed by atoms with Gasteiger partial charge in [-0.1, -0.05) is 36.8 Å². The second-order valence-electron chi connectivity index (χ2n) is 7.30. The first-order valence-corrected chi connectivity index (χ1v) is 9.71. The Morgan fingerprint density at radius 1 is 1.12 bits per heavy atom. The number of anilines is 1. The summed E-state index contributed by atoms with van der Waals surface area (Å²) in [5.74, 6) is 2.19. The third-order valence-corrected chi connectivity index (χ3v) is 5.50. The van der Waals surface area contributed by atoms with Gasteiger partial charge in [-0.15, -0.1) is 0 Å². The largest absolute Gasteiger partial charge is 0.356 e. The summed E-state index contributed by atoms with van der Waals surface area (Å²) in [7, 11) is 0. The molecule has 0 unspecified atom stereocenters. The molecule has 1 atom stereocenters. The highest BCUT2D eigenvalue weighted by molar-refractivity contribution is 5.51. The molecule has 2 aliphatic heterocycles. The van der Waals surface area contributed by atoms with Crippen molar-refractivity contribution in [3.8, 4) is 0 Å². The highest BCUT2D eigenvalue weighted by Gasteiger charge is 2.25. The van der Waals surface area contributed by atoms with Crippen LogP contribution in [0.1, 0.15) is 54.4 Å². The van der Waals surface area contributed by atoms with Crippen LogP contribution in [0.2, 0.25) is 0 Å². The number of hydrogen-bond donors (Lipinski definition) is 1. The van der Waals surface area contributed by atoms with E-state index in [-0.39, 0.29) is 0 Å². The molecule has 1 aromatic carbocycles. The Hall–Kier alpha value is -1.94. The van der Waals surface area contributed by atoms with Crippen molar-refractivity contribution < 1.29 is 0 Å². The average Bonchev–Trinajstić information content (AvgIpc) is 2.68. The molecule has 4 heteroatoms. The zero-order chi connectivity index (χ0) is 17.1. The first-order valence-electron chi connectivity index (χ1n) is 9.71. The van der Waals surface area contributed by atoms with E-state index in [1.54, 1.807) is 0 Å². The van der Waals surface area contributed by atoms with Crippen molar-refractivity contribution in [1.82, 2.24) is 15.3 Å². The molecule has 0 spiro atoms. The summed E-state index contributed by atoms with van der Waals surface area (Å²) in [6.07, 6.45) is 7.08. The van der Waals surface area contributed by atoms with Crippen molar-refractivity contribution in [3.05, 3.63) is 53.0 Å². The molecule has 0 aliphatic carbocycles. The quantitative estimate of drug-likeness (QED) is 0.926. The van der Waals surface area contributed by atoms with Gasteiger partial charge in [0.15, 0.2) is 0 Å². The Bertz CT molecular complexity index is 707. The first kappa shape index (κ1) is 16.5. The third-order valence-electron chi connectivity index (χ3n) is 5.50. The van der Waals surface area contributed by atoms with Gasteiger partial charge in [-0.2, -0.15) is 0 Å². The summed E-state index contributed by atoms with van der Waals surface area (Å²) in [6.45, 7) is 5.38. The van der Waals surface area contributed by atoms with Gasteiger partial charge < -0.3 is 10.2 Å². The highest BCUT2D eigenvalue weighted by Crippen LogP contribution is 2.30. The van der Waals surface area contributed by atoms with Gasteiger partial charge in [0.05, 0.1) is 6.04 Å². The van der Waals surface area contributed by atoms with Crippen molar-refractivity contribution in [2.24, 2.45) is 0 Å². The molecular formula is C21H28N4. The SMILES string of the molecule is Cc1nc([C@H]2CCCCN2)nc2c1CCCN2CCc1ccccc1. The van der Waals surface area contributed by atoms with Gasteiger partial charge in [0, 0.05) is 24.3 Å². The molecule has 25 heavy (non-hydrogen) atoms. The van der Waals surface area contributed by atoms with Crippen molar-refractivity contribution in [2.75, 3.05) is 24.5 Å². The number of fused-ring (bicyclic) bond motifs is 1. The molecular weight excluding hydrogens is 308 g/mol. The zero-order valence-corrected chi connectivity index (χ0v) is 15.2. The van der Waals surface area contributed by atoms with Crippen LogP contribution in [0.5, 0.6) is 0 Å². The van der Waals surface area contributed by atoms with Crippen LogP contribution in [0.25, 0.3) is 0 Å². The summed E-state index contributed by atoms with van der Waals surface area (Å²) in [6, 6.07) is 11.1. The van der Waals surface area contributed by atoms with Gasteiger partial charge >= 0.3 is 0 Å². The summed E-state index contributed by atoms with van der Waals surface area (Å²) in [5.41, 5.74) is 3.94. The van der Waals surface area contributed by atoms with Crippen LogP contribution in [-0.4, -0.2) is 29.6 Å². The molecule has 0 bridgehead atoms. The zero-order valence-electron chi connectivity index (χ0n) is 15.2. The van der Waals surface area contributed by atoms with Crippen LogP contribution in [0.3, 0.4) is 0 Å². The molecule has 1 aromatic heterocycles. The van der Waals surface area contributed by atoms with E-state index < -0.39 is 0 Å². The van der Waals surface area contributed by atoms with Gasteiger partial charge in [-0.05, 0) is 51.1 Å². The fraction of sp³-hybridized carbons (Fsp3) is 0.524. The van der Waals surface area contributed by atoms with Crippen LogP contribution in [-0.2, 0) is 12.8 Å². The molecule has 1 fully saturated rings. The van der Waals surface area contributed by atoms with Crippen LogP contribution >= 0.6 is 0 Å². The van der Waals surface area contributed by atoms with Crippen molar-refractivity contribution >= 4 is 5.82 Å². The van der Waals surface area contributed by atoms with Crippen LogP contribution < -0.4 is 10.2 Å². The first-order chi connectivity index (χ1) is 12.3. The number of aryl methyl sites for hydroxylation is 1. The Kier molecular flexibility index (Phi) is 4.97. The molecule has 132 valence electrons. The van der Waals surface area contributed by atoms with E-state index >= 15 is 0 Å². The van der Waals surface area contributed by atoms with Crippen molar-refractivity contribution in [1.29, 1.82) is 0 Å². The maximum absolute atomic E-state index is 5.04. The van der Waals surface area contributed by atoms with Crippen LogP contribution in [0.15, 0.2) is 30.3 Å². The van der Waals surface area contributed by atoms with E-state index in [9.17, 15) is 0 Å². The van der Waals surface area contributed by atoms with E-state index in [0.717, 1.165) is 44.7 Å². The second kappa shape index (κ2) is 7.52. The van der Waals surface area contributed by atoms with E-state index in [1.165, 1.54) is 41.9 Å². The Morgan fingerprint density at radius 2 is 2.00 bits per heavy atom. The lowest BCUT2D eigenvalue weighted by atomic mass is 10.0. The molecule has 0 saturated carbocycles. The van der Waals surface area contributed by atoms with Gasteiger partial charge in [0.1, 0.15) is 11.6 Å². The van der Waals surface area contributed by atoms with Crippen LogP contribution in [0.4, 0.5) is 5.82 Å². The lowest BCUT2D eigenvalue weighted by Gasteiger charge is -2.32. The summed E-state index contributed by atoms with van der Waals surface area (Å²) >= 11 is 0. The normalized spacial score (nSPS) is 20.4. The lowest BCUT2D eigenvalue weighted by Crippen LogP contribution is -2.35. The lowest BCUT2D eigenvalue weighted by molar-refractivity contribution is 0.396. The molecule has 1 N–H and O–H groups in total. The third kappa shape index (κ3) is 3.69. The minimum Gasteiger partial charge on any atom is -0.356 e. The Morgan fingerprint density at radius 3 is 2.80 bits per heavy atom. The monoisotopic (exact) mass is 336 g/mol. The van der Waals surface area contributed by atoms with Crippen molar-refractivity contribution in [3.63, 3.8) is 0 Å². The fourth-order valence-corrected chi connectivity index (χ4v) is 4.06. The minimum atomic E-state index is 0.329. The molecule has 3 heterocycles. The van der Waals surface area contributed by atoms with Crippen molar-refractivity contribution in [2.45, 2.75) is 51.5 Å². The highest BCUT2D eigenvalue weighted by atomic mass is 15.2. The van der Waals surface area contributed by atoms with Crippen LogP contribution in [0, 0.1) is 6.92 Å². The van der Waals surface area contributed by atoms with Gasteiger partial charge in [0.25, 0.3) is 0 Å². The maximum atomic E-state index is 5.04.